The standard InChI is InChI=1S/C23H32FN5O2/c1-23(2,3)28(19-5-4-10-25-15-19)22(30)31-21-14-17(16-6-8-18(24)9-7-16)13-20(21)29-26-11-12-27-29/h6-9,11-12,17,19-21,25H,4-5,10,13-15H2,1-3H3. The molecule has 0 bridgehead atoms. The zero-order valence-corrected chi connectivity index (χ0v) is 18.5. The number of aromatic nitrogens is 3. The Kier molecular flexibility index (Phi) is 6.27. The molecule has 1 amide bonds. The summed E-state index contributed by atoms with van der Waals surface area (Å²) < 4.78 is 19.5. The number of rotatable bonds is 4. The molecule has 31 heavy (non-hydrogen) atoms. The van der Waals surface area contributed by atoms with Crippen molar-refractivity contribution in [2.75, 3.05) is 13.1 Å². The number of hydrogen-bond acceptors (Lipinski definition) is 5. The van der Waals surface area contributed by atoms with E-state index in [0.717, 1.165) is 37.9 Å². The highest BCUT2D eigenvalue weighted by atomic mass is 19.1. The van der Waals surface area contributed by atoms with E-state index in [2.05, 4.69) is 15.5 Å². The van der Waals surface area contributed by atoms with Crippen LogP contribution in [0.2, 0.25) is 0 Å². The number of amides is 1. The van der Waals surface area contributed by atoms with Gasteiger partial charge in [-0.2, -0.15) is 15.0 Å². The summed E-state index contributed by atoms with van der Waals surface area (Å²) in [5.74, 6) is -0.106. The molecule has 4 rings (SSSR count). The van der Waals surface area contributed by atoms with E-state index in [1.165, 1.54) is 12.1 Å². The van der Waals surface area contributed by atoms with Gasteiger partial charge in [-0.05, 0) is 76.6 Å². The van der Waals surface area contributed by atoms with Crippen LogP contribution < -0.4 is 5.32 Å². The van der Waals surface area contributed by atoms with Crippen LogP contribution in [-0.2, 0) is 4.74 Å². The van der Waals surface area contributed by atoms with Crippen LogP contribution in [0.5, 0.6) is 0 Å². The Labute approximate surface area is 182 Å². The maximum atomic E-state index is 13.4. The second-order valence-electron chi connectivity index (χ2n) is 9.60. The molecule has 1 aromatic heterocycles. The normalized spacial score (nSPS) is 26.6. The topological polar surface area (TPSA) is 72.3 Å². The van der Waals surface area contributed by atoms with Crippen molar-refractivity contribution < 1.29 is 13.9 Å². The van der Waals surface area contributed by atoms with E-state index in [0.29, 0.717) is 6.42 Å². The third-order valence-corrected chi connectivity index (χ3v) is 6.35. The third kappa shape index (κ3) is 4.89. The lowest BCUT2D eigenvalue weighted by atomic mass is 9.97. The number of ether oxygens (including phenoxy) is 1. The van der Waals surface area contributed by atoms with Crippen molar-refractivity contribution in [1.82, 2.24) is 25.2 Å². The summed E-state index contributed by atoms with van der Waals surface area (Å²) in [5, 5.41) is 12.0. The Morgan fingerprint density at radius 1 is 1.19 bits per heavy atom. The Hall–Kier alpha value is -2.48. The SMILES string of the molecule is CC(C)(C)N(C(=O)OC1CC(c2ccc(F)cc2)CC1n1nccn1)C1CCCNC1. The Morgan fingerprint density at radius 3 is 2.52 bits per heavy atom. The minimum Gasteiger partial charge on any atom is -0.444 e. The van der Waals surface area contributed by atoms with E-state index in [1.54, 1.807) is 17.2 Å². The average molecular weight is 430 g/mol. The van der Waals surface area contributed by atoms with Crippen molar-refractivity contribution in [3.63, 3.8) is 0 Å². The van der Waals surface area contributed by atoms with Gasteiger partial charge in [-0.1, -0.05) is 12.1 Å². The molecular weight excluding hydrogens is 397 g/mol. The number of hydrogen-bond donors (Lipinski definition) is 1. The quantitative estimate of drug-likeness (QED) is 0.798. The van der Waals surface area contributed by atoms with E-state index < -0.39 is 0 Å². The van der Waals surface area contributed by atoms with Crippen molar-refractivity contribution in [1.29, 1.82) is 0 Å². The highest BCUT2D eigenvalue weighted by molar-refractivity contribution is 5.69. The second kappa shape index (κ2) is 8.94. The Morgan fingerprint density at radius 2 is 1.90 bits per heavy atom. The molecule has 2 heterocycles. The minimum atomic E-state index is -0.352. The molecule has 2 aromatic rings. The summed E-state index contributed by atoms with van der Waals surface area (Å²) in [5.41, 5.74) is 0.691. The molecule has 0 radical (unpaired) electrons. The molecule has 0 spiro atoms. The first-order valence-electron chi connectivity index (χ1n) is 11.1. The van der Waals surface area contributed by atoms with E-state index in [-0.39, 0.29) is 41.6 Å². The summed E-state index contributed by atoms with van der Waals surface area (Å²) >= 11 is 0. The highest BCUT2D eigenvalue weighted by Crippen LogP contribution is 2.42. The molecule has 1 saturated heterocycles. The molecule has 1 aromatic carbocycles. The molecular formula is C23H32FN5O2. The largest absolute Gasteiger partial charge is 0.444 e. The highest BCUT2D eigenvalue weighted by Gasteiger charge is 2.43. The lowest BCUT2D eigenvalue weighted by molar-refractivity contribution is 0.00274. The smallest absolute Gasteiger partial charge is 0.410 e. The van der Waals surface area contributed by atoms with Crippen LogP contribution >= 0.6 is 0 Å². The number of nitrogens with zero attached hydrogens (tertiary/aromatic N) is 4. The monoisotopic (exact) mass is 429 g/mol. The van der Waals surface area contributed by atoms with Gasteiger partial charge in [0.25, 0.3) is 0 Å². The molecule has 1 N–H and O–H groups in total. The van der Waals surface area contributed by atoms with Crippen LogP contribution in [0.4, 0.5) is 9.18 Å². The first-order valence-corrected chi connectivity index (χ1v) is 11.1. The van der Waals surface area contributed by atoms with Crippen LogP contribution in [0.25, 0.3) is 0 Å². The summed E-state index contributed by atoms with van der Waals surface area (Å²) in [7, 11) is 0. The number of carbonyl (C=O) groups excluding carboxylic acids is 1. The van der Waals surface area contributed by atoms with Crippen LogP contribution in [-0.4, -0.2) is 56.8 Å². The predicted molar refractivity (Wildman–Crippen MR) is 115 cm³/mol. The first kappa shape index (κ1) is 21.7. The number of piperidine rings is 1. The zero-order valence-electron chi connectivity index (χ0n) is 18.5. The summed E-state index contributed by atoms with van der Waals surface area (Å²) in [6.45, 7) is 7.90. The molecule has 7 nitrogen and oxygen atoms in total. The zero-order chi connectivity index (χ0) is 22.0. The Balaban J connectivity index is 1.54. The number of benzene rings is 1. The van der Waals surface area contributed by atoms with E-state index in [9.17, 15) is 9.18 Å². The fraction of sp³-hybridized carbons (Fsp3) is 0.609. The van der Waals surface area contributed by atoms with Crippen LogP contribution in [0.1, 0.15) is 64.0 Å². The lowest BCUT2D eigenvalue weighted by Gasteiger charge is -2.43. The molecule has 4 unspecified atom stereocenters. The van der Waals surface area contributed by atoms with Gasteiger partial charge in [0.05, 0.1) is 12.4 Å². The van der Waals surface area contributed by atoms with Gasteiger partial charge in [0, 0.05) is 18.1 Å². The maximum Gasteiger partial charge on any atom is 0.410 e. The van der Waals surface area contributed by atoms with Gasteiger partial charge < -0.3 is 10.1 Å². The van der Waals surface area contributed by atoms with Gasteiger partial charge in [0.15, 0.2) is 0 Å². The van der Waals surface area contributed by atoms with Crippen LogP contribution in [0.15, 0.2) is 36.7 Å². The summed E-state index contributed by atoms with van der Waals surface area (Å²) in [4.78, 5) is 17.0. The van der Waals surface area contributed by atoms with Gasteiger partial charge in [-0.25, -0.2) is 9.18 Å². The van der Waals surface area contributed by atoms with Crippen molar-refractivity contribution in [3.8, 4) is 0 Å². The maximum absolute atomic E-state index is 13.4. The van der Waals surface area contributed by atoms with Crippen molar-refractivity contribution >= 4 is 6.09 Å². The molecule has 4 atom stereocenters. The van der Waals surface area contributed by atoms with Gasteiger partial charge in [-0.15, -0.1) is 0 Å². The summed E-state index contributed by atoms with van der Waals surface area (Å²) in [6, 6.07) is 6.54. The number of halogens is 1. The van der Waals surface area contributed by atoms with Gasteiger partial charge in [0.2, 0.25) is 0 Å². The molecule has 1 aliphatic heterocycles. The second-order valence-corrected chi connectivity index (χ2v) is 9.60. The van der Waals surface area contributed by atoms with Gasteiger partial charge in [-0.3, -0.25) is 4.90 Å². The first-order chi connectivity index (χ1) is 14.8. The molecule has 2 aliphatic rings. The van der Waals surface area contributed by atoms with Crippen molar-refractivity contribution in [2.45, 2.75) is 76.1 Å². The van der Waals surface area contributed by atoms with Gasteiger partial charge in [0.1, 0.15) is 18.0 Å². The van der Waals surface area contributed by atoms with E-state index >= 15 is 0 Å². The van der Waals surface area contributed by atoms with Crippen LogP contribution in [0, 0.1) is 5.82 Å². The number of nitrogens with one attached hydrogen (secondary N) is 1. The average Bonchev–Trinajstić information content (AvgIpc) is 3.38. The third-order valence-electron chi connectivity index (χ3n) is 6.35. The Bertz CT molecular complexity index is 859. The lowest BCUT2D eigenvalue weighted by Crippen LogP contribution is -2.57. The van der Waals surface area contributed by atoms with Crippen LogP contribution in [0.3, 0.4) is 0 Å². The minimum absolute atomic E-state index is 0.108. The van der Waals surface area contributed by atoms with E-state index in [1.807, 2.05) is 37.8 Å². The van der Waals surface area contributed by atoms with E-state index in [4.69, 9.17) is 4.74 Å². The number of carbonyl (C=O) groups is 1. The molecule has 8 heteroatoms. The van der Waals surface area contributed by atoms with Crippen molar-refractivity contribution in [3.05, 3.63) is 48.0 Å². The van der Waals surface area contributed by atoms with Crippen molar-refractivity contribution in [2.24, 2.45) is 0 Å². The summed E-state index contributed by atoms with van der Waals surface area (Å²) in [6.07, 6.45) is 6.04. The predicted octanol–water partition coefficient (Wildman–Crippen LogP) is 3.89. The fourth-order valence-electron chi connectivity index (χ4n) is 4.96. The fourth-order valence-corrected chi connectivity index (χ4v) is 4.96. The van der Waals surface area contributed by atoms with Gasteiger partial charge >= 0.3 is 6.09 Å². The molecule has 168 valence electrons. The molecule has 2 fully saturated rings. The molecule has 1 aliphatic carbocycles. The molecule has 1 saturated carbocycles.